The molecule has 6 nitrogen and oxygen atoms in total. The number of amides is 1. The number of thiophene rings is 1. The molecule has 3 rings (SSSR count). The molecular weight excluding hydrogens is 396 g/mol. The largest absolute Gasteiger partial charge is 0.485 e. The summed E-state index contributed by atoms with van der Waals surface area (Å²) in [6.45, 7) is 7.55. The summed E-state index contributed by atoms with van der Waals surface area (Å²) in [5, 5.41) is 8.46. The summed E-state index contributed by atoms with van der Waals surface area (Å²) in [4.78, 5) is 17.9. The van der Waals surface area contributed by atoms with E-state index in [0.29, 0.717) is 6.54 Å². The van der Waals surface area contributed by atoms with Gasteiger partial charge in [-0.05, 0) is 50.1 Å². The zero-order valence-corrected chi connectivity index (χ0v) is 18.9. The zero-order valence-electron chi connectivity index (χ0n) is 18.1. The highest BCUT2D eigenvalue weighted by Crippen LogP contribution is 2.30. The minimum Gasteiger partial charge on any atom is -0.485 e. The number of carbonyl (C=O) groups is 1. The number of nitrogens with one attached hydrogen (secondary N) is 2. The maximum atomic E-state index is 12.3. The van der Waals surface area contributed by atoms with Gasteiger partial charge >= 0.3 is 0 Å². The van der Waals surface area contributed by atoms with E-state index >= 15 is 0 Å². The fraction of sp³-hybridized carbons (Fsp3) is 0.522. The van der Waals surface area contributed by atoms with E-state index in [9.17, 15) is 4.79 Å². The number of carbonyl (C=O) groups excluding carboxylic acids is 1. The lowest BCUT2D eigenvalue weighted by Gasteiger charge is -2.25. The number of anilines is 1. The van der Waals surface area contributed by atoms with Gasteiger partial charge in [0.15, 0.2) is 0 Å². The van der Waals surface area contributed by atoms with Crippen molar-refractivity contribution in [2.24, 2.45) is 0 Å². The Morgan fingerprint density at radius 2 is 2.10 bits per heavy atom. The van der Waals surface area contributed by atoms with Crippen molar-refractivity contribution in [1.29, 1.82) is 0 Å². The van der Waals surface area contributed by atoms with Gasteiger partial charge in [0.2, 0.25) is 5.91 Å². The molecule has 0 bridgehead atoms. The molecule has 1 aromatic heterocycles. The number of hydrogen-bond donors (Lipinski definition) is 2. The summed E-state index contributed by atoms with van der Waals surface area (Å²) >= 11 is 1.74. The molecule has 1 aliphatic rings. The van der Waals surface area contributed by atoms with Crippen molar-refractivity contribution in [1.82, 2.24) is 15.5 Å². The molecule has 2 aromatic rings. The molecule has 2 N–H and O–H groups in total. The van der Waals surface area contributed by atoms with Crippen LogP contribution in [0.1, 0.15) is 30.7 Å². The van der Waals surface area contributed by atoms with Gasteiger partial charge in [-0.1, -0.05) is 19.1 Å². The Morgan fingerprint density at radius 3 is 2.87 bits per heavy atom. The van der Waals surface area contributed by atoms with Crippen molar-refractivity contribution in [2.75, 3.05) is 57.8 Å². The molecule has 1 aromatic carbocycles. The summed E-state index contributed by atoms with van der Waals surface area (Å²) in [5.74, 6) is 1.09. The molecule has 7 heteroatoms. The van der Waals surface area contributed by atoms with Crippen molar-refractivity contribution in [3.63, 3.8) is 0 Å². The standard InChI is InChI=1S/C23H34N4O2S/c1-3-25-18-23(28)27-13-6-12-26(14-15-27)19-7-4-8-20(17-19)29-21(10-11-24-2)22-9-5-16-30-22/h4-5,7-9,16-17,21,24-25H,3,6,10-15,18H2,1-2H3. The molecule has 0 aliphatic carbocycles. The lowest BCUT2D eigenvalue weighted by atomic mass is 10.2. The average molecular weight is 431 g/mol. The molecule has 0 saturated carbocycles. The normalized spacial score (nSPS) is 15.7. The number of ether oxygens (including phenoxy) is 1. The number of benzene rings is 1. The summed E-state index contributed by atoms with van der Waals surface area (Å²) in [5.41, 5.74) is 1.16. The van der Waals surface area contributed by atoms with Crippen LogP contribution in [0.25, 0.3) is 0 Å². The van der Waals surface area contributed by atoms with Crippen LogP contribution in [-0.2, 0) is 4.79 Å². The maximum Gasteiger partial charge on any atom is 0.236 e. The van der Waals surface area contributed by atoms with E-state index in [2.05, 4.69) is 51.2 Å². The maximum absolute atomic E-state index is 12.3. The Labute approximate surface area is 184 Å². The minimum absolute atomic E-state index is 0.0519. The monoisotopic (exact) mass is 430 g/mol. The van der Waals surface area contributed by atoms with Crippen LogP contribution in [0.3, 0.4) is 0 Å². The van der Waals surface area contributed by atoms with Gasteiger partial charge < -0.3 is 25.2 Å². The Bertz CT molecular complexity index is 768. The second kappa shape index (κ2) is 11.9. The Hall–Kier alpha value is -2.09. The lowest BCUT2D eigenvalue weighted by molar-refractivity contribution is -0.130. The summed E-state index contributed by atoms with van der Waals surface area (Å²) < 4.78 is 6.40. The number of rotatable bonds is 10. The topological polar surface area (TPSA) is 56.8 Å². The number of hydrogen-bond acceptors (Lipinski definition) is 6. The highest BCUT2D eigenvalue weighted by Gasteiger charge is 2.20. The van der Waals surface area contributed by atoms with E-state index in [-0.39, 0.29) is 12.0 Å². The van der Waals surface area contributed by atoms with E-state index in [1.54, 1.807) is 11.3 Å². The van der Waals surface area contributed by atoms with Gasteiger partial charge in [-0.15, -0.1) is 11.3 Å². The molecule has 1 fully saturated rings. The highest BCUT2D eigenvalue weighted by atomic mass is 32.1. The van der Waals surface area contributed by atoms with Gasteiger partial charge in [0, 0.05) is 49.2 Å². The molecule has 1 saturated heterocycles. The van der Waals surface area contributed by atoms with Crippen molar-refractivity contribution in [2.45, 2.75) is 25.9 Å². The van der Waals surface area contributed by atoms with Crippen LogP contribution in [-0.4, -0.2) is 63.7 Å². The molecule has 164 valence electrons. The van der Waals surface area contributed by atoms with Gasteiger partial charge in [0.25, 0.3) is 0 Å². The number of nitrogens with zero attached hydrogens (tertiary/aromatic N) is 2. The van der Waals surface area contributed by atoms with Gasteiger partial charge in [0.1, 0.15) is 11.9 Å². The summed E-state index contributed by atoms with van der Waals surface area (Å²) in [6.07, 6.45) is 1.95. The van der Waals surface area contributed by atoms with E-state index < -0.39 is 0 Å². The van der Waals surface area contributed by atoms with Crippen molar-refractivity contribution < 1.29 is 9.53 Å². The fourth-order valence-electron chi connectivity index (χ4n) is 3.70. The van der Waals surface area contributed by atoms with Crippen LogP contribution >= 0.6 is 11.3 Å². The third-order valence-corrected chi connectivity index (χ3v) is 6.32. The molecule has 0 radical (unpaired) electrons. The predicted octanol–water partition coefficient (Wildman–Crippen LogP) is 3.13. The van der Waals surface area contributed by atoms with Crippen LogP contribution in [0, 0.1) is 0 Å². The third-order valence-electron chi connectivity index (χ3n) is 5.35. The first-order valence-electron chi connectivity index (χ1n) is 10.9. The van der Waals surface area contributed by atoms with Crippen LogP contribution in [0.5, 0.6) is 5.75 Å². The van der Waals surface area contributed by atoms with Crippen LogP contribution < -0.4 is 20.3 Å². The first-order chi connectivity index (χ1) is 14.7. The molecule has 2 heterocycles. The van der Waals surface area contributed by atoms with E-state index in [4.69, 9.17) is 4.74 Å². The first-order valence-corrected chi connectivity index (χ1v) is 11.8. The SMILES string of the molecule is CCNCC(=O)N1CCCN(c2cccc(OC(CCNC)c3cccs3)c2)CC1. The zero-order chi connectivity index (χ0) is 21.2. The average Bonchev–Trinajstić information content (AvgIpc) is 3.19. The van der Waals surface area contributed by atoms with Gasteiger partial charge in [-0.25, -0.2) is 0 Å². The molecule has 1 unspecified atom stereocenters. The summed E-state index contributed by atoms with van der Waals surface area (Å²) in [6, 6.07) is 12.6. The van der Waals surface area contributed by atoms with Crippen LogP contribution in [0.2, 0.25) is 0 Å². The van der Waals surface area contributed by atoms with Crippen molar-refractivity contribution >= 4 is 22.9 Å². The molecule has 0 spiro atoms. The highest BCUT2D eigenvalue weighted by molar-refractivity contribution is 7.10. The Balaban J connectivity index is 1.63. The summed E-state index contributed by atoms with van der Waals surface area (Å²) in [7, 11) is 1.97. The van der Waals surface area contributed by atoms with Gasteiger partial charge in [0.05, 0.1) is 6.54 Å². The Kier molecular flexibility index (Phi) is 8.99. The number of likely N-dealkylation sites (N-methyl/N-ethyl adjacent to an activating group) is 1. The Morgan fingerprint density at radius 1 is 1.20 bits per heavy atom. The van der Waals surface area contributed by atoms with E-state index in [1.807, 2.05) is 24.9 Å². The van der Waals surface area contributed by atoms with Crippen LogP contribution in [0.15, 0.2) is 41.8 Å². The van der Waals surface area contributed by atoms with Crippen molar-refractivity contribution in [3.05, 3.63) is 46.7 Å². The van der Waals surface area contributed by atoms with Gasteiger partial charge in [-0.2, -0.15) is 0 Å². The molecule has 1 amide bonds. The van der Waals surface area contributed by atoms with Crippen molar-refractivity contribution in [3.8, 4) is 5.75 Å². The molecular formula is C23H34N4O2S. The first kappa shape index (κ1) is 22.6. The third kappa shape index (κ3) is 6.45. The second-order valence-corrected chi connectivity index (χ2v) is 8.49. The predicted molar refractivity (Wildman–Crippen MR) is 125 cm³/mol. The molecule has 1 aliphatic heterocycles. The quantitative estimate of drug-likeness (QED) is 0.607. The lowest BCUT2D eigenvalue weighted by Crippen LogP contribution is -2.40. The minimum atomic E-state index is 0.0519. The smallest absolute Gasteiger partial charge is 0.236 e. The molecule has 30 heavy (non-hydrogen) atoms. The fourth-order valence-corrected chi connectivity index (χ4v) is 4.48. The second-order valence-electron chi connectivity index (χ2n) is 7.51. The van der Waals surface area contributed by atoms with Crippen LogP contribution in [0.4, 0.5) is 5.69 Å². The van der Waals surface area contributed by atoms with Gasteiger partial charge in [-0.3, -0.25) is 4.79 Å². The van der Waals surface area contributed by atoms with E-state index in [1.165, 1.54) is 4.88 Å². The molecule has 1 atom stereocenters. The van der Waals surface area contributed by atoms with E-state index in [0.717, 1.165) is 63.5 Å².